The number of aromatic nitrogens is 3. The summed E-state index contributed by atoms with van der Waals surface area (Å²) in [6.07, 6.45) is 0.855. The summed E-state index contributed by atoms with van der Waals surface area (Å²) >= 11 is 1.35. The molecule has 24 heavy (non-hydrogen) atoms. The third-order valence-corrected chi connectivity index (χ3v) is 6.71. The smallest absolute Gasteiger partial charge is 0.261 e. The van der Waals surface area contributed by atoms with E-state index in [1.165, 1.54) is 15.6 Å². The molecule has 0 aliphatic carbocycles. The molecule has 1 saturated heterocycles. The number of sulfonamides is 1. The first-order valence-corrected chi connectivity index (χ1v) is 10.2. The molecule has 0 unspecified atom stereocenters. The molecule has 9 heteroatoms. The maximum atomic E-state index is 12.6. The molecular weight excluding hydrogens is 346 g/mol. The Kier molecular flexibility index (Phi) is 4.84. The molecule has 7 nitrogen and oxygen atoms in total. The molecule has 0 aromatic carbocycles. The van der Waals surface area contributed by atoms with E-state index < -0.39 is 10.0 Å². The Balaban J connectivity index is 1.73. The lowest BCUT2D eigenvalue weighted by atomic mass is 10.3. The van der Waals surface area contributed by atoms with E-state index in [9.17, 15) is 8.42 Å². The number of hydrogen-bond acceptors (Lipinski definition) is 7. The highest BCUT2D eigenvalue weighted by molar-refractivity contribution is 7.89. The molecule has 3 rings (SSSR count). The SMILES string of the molecule is CCc1cc(N2CCN(S(=O)(=O)c3csc(C)n3)CC2)nc(C)n1. The average molecular weight is 368 g/mol. The molecule has 1 fully saturated rings. The van der Waals surface area contributed by atoms with Crippen LogP contribution in [0.25, 0.3) is 0 Å². The van der Waals surface area contributed by atoms with Crippen LogP contribution in [0.3, 0.4) is 0 Å². The number of anilines is 1. The van der Waals surface area contributed by atoms with Crippen molar-refractivity contribution in [1.82, 2.24) is 19.3 Å². The molecule has 0 atom stereocenters. The van der Waals surface area contributed by atoms with Gasteiger partial charge in [0.25, 0.3) is 10.0 Å². The molecule has 0 N–H and O–H groups in total. The van der Waals surface area contributed by atoms with Gasteiger partial charge in [-0.25, -0.2) is 23.4 Å². The van der Waals surface area contributed by atoms with E-state index in [0.29, 0.717) is 26.2 Å². The minimum absolute atomic E-state index is 0.157. The Labute approximate surface area is 146 Å². The molecule has 0 amide bonds. The van der Waals surface area contributed by atoms with Crippen LogP contribution in [0.5, 0.6) is 0 Å². The second-order valence-corrected chi connectivity index (χ2v) is 8.66. The first-order chi connectivity index (χ1) is 11.4. The molecule has 0 saturated carbocycles. The van der Waals surface area contributed by atoms with Gasteiger partial charge in [0.15, 0.2) is 5.03 Å². The summed E-state index contributed by atoms with van der Waals surface area (Å²) in [6.45, 7) is 7.85. The van der Waals surface area contributed by atoms with Crippen molar-refractivity contribution in [3.05, 3.63) is 28.0 Å². The van der Waals surface area contributed by atoms with Gasteiger partial charge in [0.2, 0.25) is 0 Å². The van der Waals surface area contributed by atoms with Gasteiger partial charge in [0.05, 0.1) is 5.01 Å². The second-order valence-electron chi connectivity index (χ2n) is 5.71. The number of nitrogens with zero attached hydrogens (tertiary/aromatic N) is 5. The van der Waals surface area contributed by atoms with E-state index in [4.69, 9.17) is 0 Å². The van der Waals surface area contributed by atoms with Crippen molar-refractivity contribution in [1.29, 1.82) is 0 Å². The Bertz CT molecular complexity index is 826. The number of aryl methyl sites for hydroxylation is 3. The lowest BCUT2D eigenvalue weighted by Gasteiger charge is -2.34. The van der Waals surface area contributed by atoms with Crippen LogP contribution < -0.4 is 4.90 Å². The fraction of sp³-hybridized carbons (Fsp3) is 0.533. The summed E-state index contributed by atoms with van der Waals surface area (Å²) in [7, 11) is -3.49. The van der Waals surface area contributed by atoms with Gasteiger partial charge >= 0.3 is 0 Å². The third kappa shape index (κ3) is 3.42. The van der Waals surface area contributed by atoms with Crippen molar-refractivity contribution in [2.45, 2.75) is 32.2 Å². The minimum atomic E-state index is -3.49. The number of rotatable bonds is 4. The number of piperazine rings is 1. The fourth-order valence-corrected chi connectivity index (χ4v) is 5.03. The molecule has 2 aromatic rings. The highest BCUT2D eigenvalue weighted by atomic mass is 32.2. The molecule has 2 aromatic heterocycles. The summed E-state index contributed by atoms with van der Waals surface area (Å²) < 4.78 is 26.8. The summed E-state index contributed by atoms with van der Waals surface area (Å²) in [5.74, 6) is 1.62. The van der Waals surface area contributed by atoms with Gasteiger partial charge in [0.1, 0.15) is 11.6 Å². The largest absolute Gasteiger partial charge is 0.354 e. The van der Waals surface area contributed by atoms with Crippen molar-refractivity contribution in [3.63, 3.8) is 0 Å². The third-order valence-electron chi connectivity index (χ3n) is 4.00. The van der Waals surface area contributed by atoms with E-state index in [0.717, 1.165) is 28.8 Å². The van der Waals surface area contributed by atoms with E-state index in [1.807, 2.05) is 19.9 Å². The van der Waals surface area contributed by atoms with Crippen molar-refractivity contribution in [2.24, 2.45) is 0 Å². The van der Waals surface area contributed by atoms with Gasteiger partial charge in [-0.3, -0.25) is 0 Å². The van der Waals surface area contributed by atoms with Gasteiger partial charge in [-0.2, -0.15) is 4.31 Å². The van der Waals surface area contributed by atoms with Crippen molar-refractivity contribution < 1.29 is 8.42 Å². The molecule has 0 bridgehead atoms. The van der Waals surface area contributed by atoms with Crippen LogP contribution in [0, 0.1) is 13.8 Å². The lowest BCUT2D eigenvalue weighted by molar-refractivity contribution is 0.382. The predicted octanol–water partition coefficient (Wildman–Crippen LogP) is 1.62. The van der Waals surface area contributed by atoms with Crippen LogP contribution >= 0.6 is 11.3 Å². The van der Waals surface area contributed by atoms with Crippen molar-refractivity contribution in [3.8, 4) is 0 Å². The van der Waals surface area contributed by atoms with Crippen LogP contribution in [-0.4, -0.2) is 53.9 Å². The second kappa shape index (κ2) is 6.73. The minimum Gasteiger partial charge on any atom is -0.354 e. The molecule has 3 heterocycles. The fourth-order valence-electron chi connectivity index (χ4n) is 2.71. The van der Waals surface area contributed by atoms with E-state index in [1.54, 1.807) is 5.38 Å². The first kappa shape index (κ1) is 17.2. The molecule has 1 aliphatic heterocycles. The van der Waals surface area contributed by atoms with Crippen LogP contribution in [-0.2, 0) is 16.4 Å². The van der Waals surface area contributed by atoms with E-state index in [2.05, 4.69) is 26.8 Å². The van der Waals surface area contributed by atoms with Gasteiger partial charge in [-0.05, 0) is 20.3 Å². The van der Waals surface area contributed by atoms with Gasteiger partial charge < -0.3 is 4.90 Å². The monoisotopic (exact) mass is 367 g/mol. The Morgan fingerprint density at radius 1 is 1.12 bits per heavy atom. The van der Waals surface area contributed by atoms with E-state index in [-0.39, 0.29) is 5.03 Å². The zero-order valence-electron chi connectivity index (χ0n) is 14.1. The maximum absolute atomic E-state index is 12.6. The quantitative estimate of drug-likeness (QED) is 0.817. The van der Waals surface area contributed by atoms with Gasteiger partial charge in [-0.1, -0.05) is 6.92 Å². The summed E-state index contributed by atoms with van der Waals surface area (Å²) in [5.41, 5.74) is 1.01. The number of hydrogen-bond donors (Lipinski definition) is 0. The van der Waals surface area contributed by atoms with Crippen LogP contribution in [0.4, 0.5) is 5.82 Å². The Morgan fingerprint density at radius 2 is 1.83 bits per heavy atom. The predicted molar refractivity (Wildman–Crippen MR) is 94.0 cm³/mol. The van der Waals surface area contributed by atoms with Gasteiger partial charge in [0, 0.05) is 43.3 Å². The molecule has 0 spiro atoms. The normalized spacial score (nSPS) is 16.5. The van der Waals surface area contributed by atoms with Crippen LogP contribution in [0.2, 0.25) is 0 Å². The van der Waals surface area contributed by atoms with Gasteiger partial charge in [-0.15, -0.1) is 11.3 Å². The number of thiazole rings is 1. The molecule has 0 radical (unpaired) electrons. The highest BCUT2D eigenvalue weighted by Gasteiger charge is 2.30. The van der Waals surface area contributed by atoms with Crippen LogP contribution in [0.1, 0.15) is 23.4 Å². The lowest BCUT2D eigenvalue weighted by Crippen LogP contribution is -2.49. The maximum Gasteiger partial charge on any atom is 0.261 e. The molecule has 1 aliphatic rings. The Morgan fingerprint density at radius 3 is 2.42 bits per heavy atom. The average Bonchev–Trinajstić information content (AvgIpc) is 3.01. The summed E-state index contributed by atoms with van der Waals surface area (Å²) in [4.78, 5) is 15.1. The van der Waals surface area contributed by atoms with Crippen molar-refractivity contribution >= 4 is 27.2 Å². The van der Waals surface area contributed by atoms with E-state index >= 15 is 0 Å². The zero-order chi connectivity index (χ0) is 17.3. The van der Waals surface area contributed by atoms with Crippen LogP contribution in [0.15, 0.2) is 16.5 Å². The summed E-state index contributed by atoms with van der Waals surface area (Å²) in [5, 5.41) is 2.53. The van der Waals surface area contributed by atoms with Crippen molar-refractivity contribution in [2.75, 3.05) is 31.1 Å². The zero-order valence-corrected chi connectivity index (χ0v) is 15.7. The molecule has 130 valence electrons. The standard InChI is InChI=1S/C15H21N5O2S2/c1-4-13-9-14(17-11(2)16-13)19-5-7-20(8-6-19)24(21,22)15-10-23-12(3)18-15/h9-10H,4-8H2,1-3H3. The first-order valence-electron chi connectivity index (χ1n) is 7.92. The Hall–Kier alpha value is -1.58. The topological polar surface area (TPSA) is 79.3 Å². The highest BCUT2D eigenvalue weighted by Crippen LogP contribution is 2.22. The summed E-state index contributed by atoms with van der Waals surface area (Å²) in [6, 6.07) is 1.99. The molecular formula is C15H21N5O2S2.